The molecule has 0 aliphatic carbocycles. The fourth-order valence-electron chi connectivity index (χ4n) is 1.23. The molecule has 0 amide bonds. The molecule has 3 nitrogen and oxygen atoms in total. The van der Waals surface area contributed by atoms with Crippen LogP contribution in [0.5, 0.6) is 0 Å². The third-order valence-electron chi connectivity index (χ3n) is 1.97. The number of aromatic amines is 1. The van der Waals surface area contributed by atoms with E-state index in [0.29, 0.717) is 6.54 Å². The van der Waals surface area contributed by atoms with Crippen molar-refractivity contribution in [3.8, 4) is 0 Å². The van der Waals surface area contributed by atoms with Crippen molar-refractivity contribution in [2.24, 2.45) is 0 Å². The molecule has 1 aromatic heterocycles. The average Bonchev–Trinajstić information content (AvgIpc) is 2.70. The summed E-state index contributed by atoms with van der Waals surface area (Å²) in [4.78, 5) is 6.62. The number of nitrogens with zero attached hydrogens (tertiary/aromatic N) is 1. The average molecular weight is 209 g/mol. The van der Waals surface area contributed by atoms with Gasteiger partial charge in [0, 0.05) is 6.20 Å². The molecule has 0 aliphatic rings. The summed E-state index contributed by atoms with van der Waals surface area (Å²) in [6.07, 6.45) is 3.10. The second-order valence-electron chi connectivity index (χ2n) is 3.03. The van der Waals surface area contributed by atoms with E-state index in [4.69, 9.17) is 0 Å². The molecule has 15 heavy (non-hydrogen) atoms. The number of nitrogens with one attached hydrogen (secondary N) is 2. The van der Waals surface area contributed by atoms with Gasteiger partial charge in [-0.15, -0.1) is 0 Å². The first kappa shape index (κ1) is 9.64. The summed E-state index contributed by atoms with van der Waals surface area (Å²) in [6.45, 7) is 0.303. The highest BCUT2D eigenvalue weighted by Gasteiger charge is 2.07. The number of hydrogen-bond acceptors (Lipinski definition) is 2. The molecule has 0 fully saturated rings. The summed E-state index contributed by atoms with van der Waals surface area (Å²) < 4.78 is 26.3. The molecule has 0 atom stereocenters. The van der Waals surface area contributed by atoms with Gasteiger partial charge in [-0.25, -0.2) is 13.8 Å². The van der Waals surface area contributed by atoms with Crippen molar-refractivity contribution in [3.05, 3.63) is 48.1 Å². The minimum atomic E-state index is -0.602. The summed E-state index contributed by atoms with van der Waals surface area (Å²) in [5, 5.41) is 2.66. The zero-order valence-electron chi connectivity index (χ0n) is 7.80. The second kappa shape index (κ2) is 4.08. The lowest BCUT2D eigenvalue weighted by Crippen LogP contribution is -2.03. The highest BCUT2D eigenvalue weighted by Crippen LogP contribution is 2.18. The Morgan fingerprint density at radius 1 is 1.27 bits per heavy atom. The molecule has 1 heterocycles. The maximum atomic E-state index is 13.2. The lowest BCUT2D eigenvalue weighted by atomic mass is 10.3. The first-order valence-electron chi connectivity index (χ1n) is 4.42. The Morgan fingerprint density at radius 3 is 2.60 bits per heavy atom. The Kier molecular flexibility index (Phi) is 2.62. The van der Waals surface area contributed by atoms with Crippen LogP contribution in [0, 0.1) is 11.6 Å². The van der Waals surface area contributed by atoms with Gasteiger partial charge in [0.2, 0.25) is 0 Å². The van der Waals surface area contributed by atoms with Crippen molar-refractivity contribution in [1.82, 2.24) is 9.97 Å². The summed E-state index contributed by atoms with van der Waals surface area (Å²) in [6, 6.07) is 3.74. The molecule has 0 saturated carbocycles. The van der Waals surface area contributed by atoms with Crippen molar-refractivity contribution in [2.45, 2.75) is 6.54 Å². The monoisotopic (exact) mass is 209 g/mol. The van der Waals surface area contributed by atoms with E-state index < -0.39 is 11.6 Å². The van der Waals surface area contributed by atoms with Gasteiger partial charge in [-0.1, -0.05) is 6.07 Å². The lowest BCUT2D eigenvalue weighted by molar-refractivity contribution is 0.588. The van der Waals surface area contributed by atoms with Crippen molar-refractivity contribution in [2.75, 3.05) is 5.32 Å². The molecule has 2 N–H and O–H groups in total. The van der Waals surface area contributed by atoms with Gasteiger partial charge in [-0.05, 0) is 12.1 Å². The predicted molar refractivity (Wildman–Crippen MR) is 52.3 cm³/mol. The molecular weight excluding hydrogens is 200 g/mol. The number of halogens is 2. The topological polar surface area (TPSA) is 40.7 Å². The smallest absolute Gasteiger partial charge is 0.149 e. The summed E-state index contributed by atoms with van der Waals surface area (Å²) >= 11 is 0. The first-order valence-corrected chi connectivity index (χ1v) is 4.42. The van der Waals surface area contributed by atoms with Crippen LogP contribution in [0.25, 0.3) is 0 Å². The Morgan fingerprint density at radius 2 is 2.00 bits per heavy atom. The van der Waals surface area contributed by atoms with Gasteiger partial charge in [0.1, 0.15) is 17.3 Å². The largest absolute Gasteiger partial charge is 0.375 e. The number of H-pyrrole nitrogens is 1. The Labute approximate surface area is 85.2 Å². The van der Waals surface area contributed by atoms with Crippen LogP contribution in [0.1, 0.15) is 5.69 Å². The highest BCUT2D eigenvalue weighted by atomic mass is 19.1. The molecule has 0 unspecified atom stereocenters. The zero-order chi connectivity index (χ0) is 10.7. The maximum Gasteiger partial charge on any atom is 0.149 e. The number of imidazole rings is 1. The lowest BCUT2D eigenvalue weighted by Gasteiger charge is -2.06. The molecule has 2 aromatic rings. The fraction of sp³-hybridized carbons (Fsp3) is 0.100. The minimum Gasteiger partial charge on any atom is -0.375 e. The van der Waals surface area contributed by atoms with E-state index in [-0.39, 0.29) is 5.69 Å². The molecule has 1 aromatic carbocycles. The zero-order valence-corrected chi connectivity index (χ0v) is 7.80. The van der Waals surface area contributed by atoms with Crippen LogP contribution in [-0.2, 0) is 6.54 Å². The molecule has 5 heteroatoms. The summed E-state index contributed by atoms with van der Waals surface area (Å²) in [5.41, 5.74) is 0.643. The Balaban J connectivity index is 2.11. The van der Waals surface area contributed by atoms with Crippen LogP contribution in [0.4, 0.5) is 14.5 Å². The summed E-state index contributed by atoms with van der Waals surface area (Å²) in [5.74, 6) is -1.20. The minimum absolute atomic E-state index is 0.118. The van der Waals surface area contributed by atoms with Crippen molar-refractivity contribution < 1.29 is 8.78 Å². The van der Waals surface area contributed by atoms with Crippen LogP contribution in [-0.4, -0.2) is 9.97 Å². The fourth-order valence-corrected chi connectivity index (χ4v) is 1.23. The number of hydrogen-bond donors (Lipinski definition) is 2. The van der Waals surface area contributed by atoms with Crippen LogP contribution in [0.15, 0.2) is 30.7 Å². The normalized spacial score (nSPS) is 10.3. The van der Waals surface area contributed by atoms with E-state index in [0.717, 1.165) is 5.69 Å². The van der Waals surface area contributed by atoms with Crippen molar-refractivity contribution in [3.63, 3.8) is 0 Å². The molecule has 0 spiro atoms. The van der Waals surface area contributed by atoms with E-state index in [1.807, 2.05) is 0 Å². The SMILES string of the molecule is Fc1cccc(F)c1NCc1cnc[nH]1. The highest BCUT2D eigenvalue weighted by molar-refractivity contribution is 5.46. The second-order valence-corrected chi connectivity index (χ2v) is 3.03. The molecular formula is C10H9F2N3. The van der Waals surface area contributed by atoms with Crippen molar-refractivity contribution in [1.29, 1.82) is 0 Å². The summed E-state index contributed by atoms with van der Waals surface area (Å²) in [7, 11) is 0. The third-order valence-corrected chi connectivity index (χ3v) is 1.97. The van der Waals surface area contributed by atoms with Gasteiger partial charge in [0.05, 0.1) is 18.6 Å². The standard InChI is InChI=1S/C10H9F2N3/c11-8-2-1-3-9(12)10(8)14-5-7-4-13-6-15-7/h1-4,6,14H,5H2,(H,13,15). The van der Waals surface area contributed by atoms with Gasteiger partial charge in [0.15, 0.2) is 0 Å². The maximum absolute atomic E-state index is 13.2. The number of rotatable bonds is 3. The van der Waals surface area contributed by atoms with Gasteiger partial charge < -0.3 is 10.3 Å². The van der Waals surface area contributed by atoms with Crippen LogP contribution in [0.3, 0.4) is 0 Å². The predicted octanol–water partition coefficient (Wildman–Crippen LogP) is 2.30. The quantitative estimate of drug-likeness (QED) is 0.814. The van der Waals surface area contributed by atoms with E-state index in [1.54, 1.807) is 6.20 Å². The molecule has 0 radical (unpaired) electrons. The van der Waals surface area contributed by atoms with Gasteiger partial charge in [-0.3, -0.25) is 0 Å². The van der Waals surface area contributed by atoms with Crippen LogP contribution >= 0.6 is 0 Å². The number of para-hydroxylation sites is 1. The van der Waals surface area contributed by atoms with Crippen LogP contribution < -0.4 is 5.32 Å². The van der Waals surface area contributed by atoms with Crippen LogP contribution in [0.2, 0.25) is 0 Å². The molecule has 0 aliphatic heterocycles. The first-order chi connectivity index (χ1) is 7.27. The molecule has 0 saturated heterocycles. The number of anilines is 1. The van der Waals surface area contributed by atoms with Gasteiger partial charge in [-0.2, -0.15) is 0 Å². The molecule has 78 valence electrons. The number of aromatic nitrogens is 2. The number of benzene rings is 1. The van der Waals surface area contributed by atoms with Crippen molar-refractivity contribution >= 4 is 5.69 Å². The Hall–Kier alpha value is -1.91. The van der Waals surface area contributed by atoms with E-state index in [2.05, 4.69) is 15.3 Å². The van der Waals surface area contributed by atoms with E-state index >= 15 is 0 Å². The van der Waals surface area contributed by atoms with Gasteiger partial charge >= 0.3 is 0 Å². The Bertz CT molecular complexity index is 420. The van der Waals surface area contributed by atoms with Gasteiger partial charge in [0.25, 0.3) is 0 Å². The van der Waals surface area contributed by atoms with E-state index in [9.17, 15) is 8.78 Å². The van der Waals surface area contributed by atoms with E-state index in [1.165, 1.54) is 24.5 Å². The third kappa shape index (κ3) is 2.12. The molecule has 0 bridgehead atoms. The molecule has 2 rings (SSSR count).